The second kappa shape index (κ2) is 11.0. The number of amides is 1. The van der Waals surface area contributed by atoms with Crippen LogP contribution in [0.3, 0.4) is 0 Å². The number of ether oxygens (including phenoxy) is 2. The fourth-order valence-electron chi connectivity index (χ4n) is 2.83. The maximum Gasteiger partial charge on any atom is 0.339 e. The summed E-state index contributed by atoms with van der Waals surface area (Å²) in [5, 5.41) is 12.1. The number of hydrogen-bond donors (Lipinski definition) is 1. The van der Waals surface area contributed by atoms with Gasteiger partial charge in [-0.15, -0.1) is 0 Å². The van der Waals surface area contributed by atoms with E-state index in [4.69, 9.17) is 13.7 Å². The molecular weight excluding hydrogens is 571 g/mol. The van der Waals surface area contributed by atoms with Crippen molar-refractivity contribution in [3.63, 3.8) is 0 Å². The Balaban J connectivity index is 1.83. The number of nitriles is 1. The van der Waals surface area contributed by atoms with Crippen LogP contribution in [0.15, 0.2) is 77.2 Å². The molecule has 1 N–H and O–H groups in total. The molecule has 3 aromatic carbocycles. The first-order chi connectivity index (χ1) is 16.2. The van der Waals surface area contributed by atoms with Crippen molar-refractivity contribution in [2.24, 2.45) is 0 Å². The molecule has 0 radical (unpaired) electrons. The average molecular weight is 590 g/mol. The highest BCUT2D eigenvalue weighted by Gasteiger charge is 2.20. The molecule has 0 unspecified atom stereocenters. The van der Waals surface area contributed by atoms with Crippen molar-refractivity contribution in [2.75, 3.05) is 19.5 Å². The van der Waals surface area contributed by atoms with Crippen LogP contribution in [-0.4, -0.2) is 28.5 Å². The van der Waals surface area contributed by atoms with E-state index in [2.05, 4.69) is 27.9 Å². The summed E-state index contributed by atoms with van der Waals surface area (Å²) in [5.41, 5.74) is 0.865. The maximum absolute atomic E-state index is 12.6. The SMILES string of the molecule is COc1ccc(S(=O)(=O)Oc2ccc(/C=C(\C#N)C(=O)Nc3cccc(I)c3)cc2OC)cc1. The van der Waals surface area contributed by atoms with Gasteiger partial charge in [0.15, 0.2) is 11.5 Å². The molecule has 0 saturated carbocycles. The monoisotopic (exact) mass is 590 g/mol. The second-order valence-corrected chi connectivity index (χ2v) is 9.55. The smallest absolute Gasteiger partial charge is 0.339 e. The Labute approximate surface area is 211 Å². The number of carbonyl (C=O) groups is 1. The van der Waals surface area contributed by atoms with Gasteiger partial charge in [-0.25, -0.2) is 0 Å². The maximum atomic E-state index is 12.6. The predicted molar refractivity (Wildman–Crippen MR) is 135 cm³/mol. The Bertz CT molecular complexity index is 1380. The first-order valence-electron chi connectivity index (χ1n) is 9.71. The summed E-state index contributed by atoms with van der Waals surface area (Å²) in [4.78, 5) is 12.5. The number of methoxy groups -OCH3 is 2. The van der Waals surface area contributed by atoms with Gasteiger partial charge >= 0.3 is 10.1 Å². The molecule has 0 spiro atoms. The molecule has 3 rings (SSSR count). The van der Waals surface area contributed by atoms with Gasteiger partial charge < -0.3 is 19.0 Å². The normalized spacial score (nSPS) is 11.3. The summed E-state index contributed by atoms with van der Waals surface area (Å²) in [6, 6.07) is 19.1. The van der Waals surface area contributed by atoms with Crippen molar-refractivity contribution < 1.29 is 26.9 Å². The largest absolute Gasteiger partial charge is 0.497 e. The summed E-state index contributed by atoms with van der Waals surface area (Å²) in [6.45, 7) is 0. The van der Waals surface area contributed by atoms with Crippen LogP contribution < -0.4 is 19.0 Å². The van der Waals surface area contributed by atoms with Gasteiger partial charge in [-0.3, -0.25) is 4.79 Å². The summed E-state index contributed by atoms with van der Waals surface area (Å²) in [6.07, 6.45) is 1.37. The van der Waals surface area contributed by atoms with Gasteiger partial charge in [0.25, 0.3) is 5.91 Å². The van der Waals surface area contributed by atoms with E-state index in [1.807, 2.05) is 12.1 Å². The standard InChI is InChI=1S/C24H19IN2O6S/c1-31-20-7-9-21(10-8-20)34(29,30)33-22-11-6-16(13-23(22)32-2)12-17(15-26)24(28)27-19-5-3-4-18(25)14-19/h3-14H,1-2H3,(H,27,28)/b17-12+. The van der Waals surface area contributed by atoms with E-state index in [0.29, 0.717) is 17.0 Å². The van der Waals surface area contributed by atoms with E-state index in [1.165, 1.54) is 62.8 Å². The third-order valence-electron chi connectivity index (χ3n) is 4.49. The summed E-state index contributed by atoms with van der Waals surface area (Å²) < 4.78 is 41.8. The van der Waals surface area contributed by atoms with Crippen molar-refractivity contribution in [3.8, 4) is 23.3 Å². The van der Waals surface area contributed by atoms with E-state index in [9.17, 15) is 18.5 Å². The molecule has 0 aromatic heterocycles. The zero-order valence-electron chi connectivity index (χ0n) is 18.1. The van der Waals surface area contributed by atoms with Gasteiger partial charge in [-0.05, 0) is 88.8 Å². The highest BCUT2D eigenvalue weighted by Crippen LogP contribution is 2.32. The van der Waals surface area contributed by atoms with Crippen LogP contribution in [0, 0.1) is 14.9 Å². The topological polar surface area (TPSA) is 115 Å². The van der Waals surface area contributed by atoms with Crippen LogP contribution in [-0.2, 0) is 14.9 Å². The molecule has 1 amide bonds. The van der Waals surface area contributed by atoms with Crippen molar-refractivity contribution in [3.05, 3.63) is 81.4 Å². The lowest BCUT2D eigenvalue weighted by Gasteiger charge is -2.12. The number of rotatable bonds is 8. The van der Waals surface area contributed by atoms with Gasteiger partial charge in [-0.2, -0.15) is 13.7 Å². The summed E-state index contributed by atoms with van der Waals surface area (Å²) in [7, 11) is -1.30. The minimum atomic E-state index is -4.13. The predicted octanol–water partition coefficient (Wildman–Crippen LogP) is 4.62. The molecule has 0 atom stereocenters. The van der Waals surface area contributed by atoms with Gasteiger partial charge in [0.2, 0.25) is 0 Å². The highest BCUT2D eigenvalue weighted by atomic mass is 127. The lowest BCUT2D eigenvalue weighted by Crippen LogP contribution is -2.13. The van der Waals surface area contributed by atoms with E-state index >= 15 is 0 Å². The third kappa shape index (κ3) is 6.27. The zero-order chi connectivity index (χ0) is 24.7. The first-order valence-corrected chi connectivity index (χ1v) is 12.2. The molecule has 174 valence electrons. The number of nitrogens with zero attached hydrogens (tertiary/aromatic N) is 1. The first kappa shape index (κ1) is 25.1. The van der Waals surface area contributed by atoms with Crippen LogP contribution in [0.5, 0.6) is 17.2 Å². The Morgan fingerprint density at radius 3 is 2.35 bits per heavy atom. The molecular formula is C24H19IN2O6S. The minimum absolute atomic E-state index is 0.0442. The van der Waals surface area contributed by atoms with Crippen molar-refractivity contribution >= 4 is 50.4 Å². The van der Waals surface area contributed by atoms with E-state index in [1.54, 1.807) is 18.2 Å². The summed E-state index contributed by atoms with van der Waals surface area (Å²) in [5.74, 6) is -0.00341. The fourth-order valence-corrected chi connectivity index (χ4v) is 4.31. The Morgan fingerprint density at radius 1 is 1.00 bits per heavy atom. The van der Waals surface area contributed by atoms with Gasteiger partial charge in [0, 0.05) is 9.26 Å². The van der Waals surface area contributed by atoms with E-state index in [-0.39, 0.29) is 22.0 Å². The number of anilines is 1. The molecule has 34 heavy (non-hydrogen) atoms. The van der Waals surface area contributed by atoms with Gasteiger partial charge in [0.1, 0.15) is 22.3 Å². The van der Waals surface area contributed by atoms with E-state index in [0.717, 1.165) is 3.57 Å². The number of benzene rings is 3. The summed E-state index contributed by atoms with van der Waals surface area (Å²) >= 11 is 2.12. The lowest BCUT2D eigenvalue weighted by atomic mass is 10.1. The number of hydrogen-bond acceptors (Lipinski definition) is 7. The van der Waals surface area contributed by atoms with Crippen LogP contribution in [0.1, 0.15) is 5.56 Å². The molecule has 3 aromatic rings. The number of carbonyl (C=O) groups excluding carboxylic acids is 1. The Kier molecular flexibility index (Phi) is 8.14. The second-order valence-electron chi connectivity index (χ2n) is 6.76. The molecule has 8 nitrogen and oxygen atoms in total. The van der Waals surface area contributed by atoms with Crippen LogP contribution >= 0.6 is 22.6 Å². The molecule has 0 aliphatic rings. The van der Waals surface area contributed by atoms with Gasteiger partial charge in [-0.1, -0.05) is 12.1 Å². The fraction of sp³-hybridized carbons (Fsp3) is 0.0833. The van der Waals surface area contributed by atoms with Crippen molar-refractivity contribution in [1.29, 1.82) is 5.26 Å². The van der Waals surface area contributed by atoms with E-state index < -0.39 is 16.0 Å². The molecule has 0 heterocycles. The number of nitrogens with one attached hydrogen (secondary N) is 1. The van der Waals surface area contributed by atoms with Crippen LogP contribution in [0.4, 0.5) is 5.69 Å². The Morgan fingerprint density at radius 2 is 1.74 bits per heavy atom. The molecule has 0 aliphatic carbocycles. The van der Waals surface area contributed by atoms with Crippen LogP contribution in [0.25, 0.3) is 6.08 Å². The van der Waals surface area contributed by atoms with Crippen LogP contribution in [0.2, 0.25) is 0 Å². The molecule has 0 fully saturated rings. The van der Waals surface area contributed by atoms with Crippen molar-refractivity contribution in [1.82, 2.24) is 0 Å². The number of halogens is 1. The molecule has 0 aliphatic heterocycles. The molecule has 10 heteroatoms. The highest BCUT2D eigenvalue weighted by molar-refractivity contribution is 14.1. The van der Waals surface area contributed by atoms with Gasteiger partial charge in [0.05, 0.1) is 14.2 Å². The zero-order valence-corrected chi connectivity index (χ0v) is 21.1. The Hall–Kier alpha value is -3.56. The quantitative estimate of drug-likeness (QED) is 0.176. The third-order valence-corrected chi connectivity index (χ3v) is 6.41. The van der Waals surface area contributed by atoms with Crippen molar-refractivity contribution in [2.45, 2.75) is 4.90 Å². The average Bonchev–Trinajstić information content (AvgIpc) is 2.83. The molecule has 0 bridgehead atoms. The molecule has 0 saturated heterocycles. The minimum Gasteiger partial charge on any atom is -0.497 e. The lowest BCUT2D eigenvalue weighted by molar-refractivity contribution is -0.112.